The second kappa shape index (κ2) is 7.89. The van der Waals surface area contributed by atoms with Crippen molar-refractivity contribution in [1.82, 2.24) is 4.90 Å². The van der Waals surface area contributed by atoms with Crippen LogP contribution in [0.4, 0.5) is 0 Å². The molecule has 0 saturated heterocycles. The number of halogens is 1. The van der Waals surface area contributed by atoms with Gasteiger partial charge in [-0.1, -0.05) is 15.9 Å². The summed E-state index contributed by atoms with van der Waals surface area (Å²) in [6.45, 7) is 3.58. The number of hydrogen-bond acceptors (Lipinski definition) is 4. The largest absolute Gasteiger partial charge is 0.481 e. The summed E-state index contributed by atoms with van der Waals surface area (Å²) in [6.07, 6.45) is -0.671. The molecule has 0 aliphatic carbocycles. The first kappa shape index (κ1) is 16.5. The molecule has 1 aromatic carbocycles. The van der Waals surface area contributed by atoms with Gasteiger partial charge in [0.2, 0.25) is 0 Å². The van der Waals surface area contributed by atoms with Crippen molar-refractivity contribution in [3.8, 4) is 5.75 Å². The Hall–Kier alpha value is -1.56. The van der Waals surface area contributed by atoms with Crippen molar-refractivity contribution in [3.05, 3.63) is 28.7 Å². The summed E-state index contributed by atoms with van der Waals surface area (Å²) in [7, 11) is 1.54. The summed E-state index contributed by atoms with van der Waals surface area (Å²) in [5.74, 6) is -0.112. The highest BCUT2D eigenvalue weighted by atomic mass is 79.9. The molecule has 0 fully saturated rings. The molecule has 1 unspecified atom stereocenters. The summed E-state index contributed by atoms with van der Waals surface area (Å²) < 4.78 is 11.3. The quantitative estimate of drug-likeness (QED) is 0.743. The van der Waals surface area contributed by atoms with Gasteiger partial charge in [-0.25, -0.2) is 0 Å². The molecule has 0 bridgehead atoms. The van der Waals surface area contributed by atoms with Gasteiger partial charge in [-0.2, -0.15) is 0 Å². The molecule has 0 heterocycles. The summed E-state index contributed by atoms with van der Waals surface area (Å²) in [5.41, 5.74) is 0. The highest BCUT2D eigenvalue weighted by Crippen LogP contribution is 2.17. The first-order chi connectivity index (χ1) is 9.43. The molecular formula is C14H18BrNO4. The minimum atomic E-state index is -0.671. The standard InChI is InChI=1S/C14H18BrNO4/c1-4-19-13(17)9-16(3)14(18)10(2)20-12-7-5-11(15)6-8-12/h5-8,10H,4,9H2,1-3H3. The first-order valence-electron chi connectivity index (χ1n) is 6.26. The van der Waals surface area contributed by atoms with E-state index in [0.717, 1.165) is 4.47 Å². The van der Waals surface area contributed by atoms with E-state index in [1.54, 1.807) is 33.0 Å². The van der Waals surface area contributed by atoms with E-state index in [1.165, 1.54) is 4.90 Å². The smallest absolute Gasteiger partial charge is 0.325 e. The van der Waals surface area contributed by atoms with Gasteiger partial charge in [0, 0.05) is 11.5 Å². The molecule has 0 aromatic heterocycles. The van der Waals surface area contributed by atoms with Gasteiger partial charge in [0.25, 0.3) is 5.91 Å². The molecule has 1 rings (SSSR count). The highest BCUT2D eigenvalue weighted by Gasteiger charge is 2.21. The van der Waals surface area contributed by atoms with Gasteiger partial charge in [0.1, 0.15) is 12.3 Å². The number of ether oxygens (including phenoxy) is 2. The van der Waals surface area contributed by atoms with Crippen molar-refractivity contribution < 1.29 is 19.1 Å². The molecule has 110 valence electrons. The number of amides is 1. The fraction of sp³-hybridized carbons (Fsp3) is 0.429. The average Bonchev–Trinajstić information content (AvgIpc) is 2.40. The summed E-state index contributed by atoms with van der Waals surface area (Å²) in [5, 5.41) is 0. The minimum absolute atomic E-state index is 0.0826. The molecule has 5 nitrogen and oxygen atoms in total. The Kier molecular flexibility index (Phi) is 6.51. The number of likely N-dealkylation sites (N-methyl/N-ethyl adjacent to an activating group) is 1. The first-order valence-corrected chi connectivity index (χ1v) is 7.06. The van der Waals surface area contributed by atoms with E-state index in [2.05, 4.69) is 15.9 Å². The molecule has 6 heteroatoms. The maximum Gasteiger partial charge on any atom is 0.325 e. The highest BCUT2D eigenvalue weighted by molar-refractivity contribution is 9.10. The predicted octanol–water partition coefficient (Wildman–Crippen LogP) is 2.24. The third-order valence-electron chi connectivity index (χ3n) is 2.52. The van der Waals surface area contributed by atoms with Gasteiger partial charge < -0.3 is 14.4 Å². The van der Waals surface area contributed by atoms with E-state index < -0.39 is 12.1 Å². The molecule has 0 aliphatic rings. The van der Waals surface area contributed by atoms with Crippen molar-refractivity contribution >= 4 is 27.8 Å². The number of hydrogen-bond donors (Lipinski definition) is 0. The van der Waals surface area contributed by atoms with Gasteiger partial charge in [-0.05, 0) is 38.1 Å². The predicted molar refractivity (Wildman–Crippen MR) is 78.5 cm³/mol. The SMILES string of the molecule is CCOC(=O)CN(C)C(=O)C(C)Oc1ccc(Br)cc1. The van der Waals surface area contributed by atoms with Crippen LogP contribution in [0.5, 0.6) is 5.75 Å². The summed E-state index contributed by atoms with van der Waals surface area (Å²) in [6, 6.07) is 7.18. The van der Waals surface area contributed by atoms with Crippen LogP contribution in [0.2, 0.25) is 0 Å². The van der Waals surface area contributed by atoms with Crippen molar-refractivity contribution in [3.63, 3.8) is 0 Å². The molecule has 0 spiro atoms. The Morgan fingerprint density at radius 3 is 2.45 bits per heavy atom. The van der Waals surface area contributed by atoms with Gasteiger partial charge >= 0.3 is 5.97 Å². The van der Waals surface area contributed by atoms with E-state index >= 15 is 0 Å². The van der Waals surface area contributed by atoms with E-state index in [-0.39, 0.29) is 12.5 Å². The van der Waals surface area contributed by atoms with Gasteiger partial charge in [0.15, 0.2) is 6.10 Å². The number of esters is 1. The number of carbonyl (C=O) groups is 2. The van der Waals surface area contributed by atoms with Crippen molar-refractivity contribution in [1.29, 1.82) is 0 Å². The third kappa shape index (κ3) is 5.21. The Bertz CT molecular complexity index is 461. The van der Waals surface area contributed by atoms with Crippen LogP contribution in [0.1, 0.15) is 13.8 Å². The molecule has 1 aromatic rings. The van der Waals surface area contributed by atoms with E-state index in [1.807, 2.05) is 12.1 Å². The van der Waals surface area contributed by atoms with Crippen LogP contribution in [-0.2, 0) is 14.3 Å². The maximum atomic E-state index is 12.0. The zero-order valence-corrected chi connectivity index (χ0v) is 13.3. The zero-order valence-electron chi connectivity index (χ0n) is 11.8. The lowest BCUT2D eigenvalue weighted by atomic mass is 10.3. The Morgan fingerprint density at radius 1 is 1.30 bits per heavy atom. The molecule has 1 atom stereocenters. The average molecular weight is 344 g/mol. The number of carbonyl (C=O) groups excluding carboxylic acids is 2. The third-order valence-corrected chi connectivity index (χ3v) is 3.05. The van der Waals surface area contributed by atoms with Crippen LogP contribution in [0.3, 0.4) is 0 Å². The van der Waals surface area contributed by atoms with Crippen LogP contribution in [-0.4, -0.2) is 43.1 Å². The molecule has 0 saturated carbocycles. The minimum Gasteiger partial charge on any atom is -0.481 e. The van der Waals surface area contributed by atoms with Gasteiger partial charge in [-0.3, -0.25) is 9.59 Å². The Morgan fingerprint density at radius 2 is 1.90 bits per heavy atom. The fourth-order valence-corrected chi connectivity index (χ4v) is 1.82. The lowest BCUT2D eigenvalue weighted by molar-refractivity contribution is -0.150. The molecule has 20 heavy (non-hydrogen) atoms. The van der Waals surface area contributed by atoms with Crippen molar-refractivity contribution in [2.75, 3.05) is 20.2 Å². The van der Waals surface area contributed by atoms with Gasteiger partial charge in [-0.15, -0.1) is 0 Å². The van der Waals surface area contributed by atoms with E-state index in [0.29, 0.717) is 12.4 Å². The molecular weight excluding hydrogens is 326 g/mol. The lowest BCUT2D eigenvalue weighted by Crippen LogP contribution is -2.41. The molecule has 0 N–H and O–H groups in total. The number of rotatable bonds is 6. The maximum absolute atomic E-state index is 12.0. The second-order valence-electron chi connectivity index (χ2n) is 4.21. The molecule has 1 amide bonds. The lowest BCUT2D eigenvalue weighted by Gasteiger charge is -2.21. The molecule has 0 radical (unpaired) electrons. The van der Waals surface area contributed by atoms with E-state index in [4.69, 9.17) is 9.47 Å². The van der Waals surface area contributed by atoms with Crippen LogP contribution in [0, 0.1) is 0 Å². The summed E-state index contributed by atoms with van der Waals surface area (Å²) in [4.78, 5) is 24.6. The zero-order chi connectivity index (χ0) is 15.1. The Balaban J connectivity index is 2.53. The monoisotopic (exact) mass is 343 g/mol. The van der Waals surface area contributed by atoms with Crippen LogP contribution in [0.25, 0.3) is 0 Å². The second-order valence-corrected chi connectivity index (χ2v) is 5.13. The normalized spacial score (nSPS) is 11.6. The van der Waals surface area contributed by atoms with Crippen molar-refractivity contribution in [2.24, 2.45) is 0 Å². The van der Waals surface area contributed by atoms with Gasteiger partial charge in [0.05, 0.1) is 6.61 Å². The van der Waals surface area contributed by atoms with Crippen LogP contribution >= 0.6 is 15.9 Å². The molecule has 0 aliphatic heterocycles. The number of nitrogens with zero attached hydrogens (tertiary/aromatic N) is 1. The number of benzene rings is 1. The summed E-state index contributed by atoms with van der Waals surface area (Å²) >= 11 is 3.32. The Labute approximate surface area is 127 Å². The fourth-order valence-electron chi connectivity index (χ4n) is 1.56. The van der Waals surface area contributed by atoms with E-state index in [9.17, 15) is 9.59 Å². The van der Waals surface area contributed by atoms with Crippen LogP contribution in [0.15, 0.2) is 28.7 Å². The van der Waals surface area contributed by atoms with Crippen molar-refractivity contribution in [2.45, 2.75) is 20.0 Å². The van der Waals surface area contributed by atoms with Crippen LogP contribution < -0.4 is 4.74 Å². The topological polar surface area (TPSA) is 55.8 Å².